The number of hydrogen-bond donors (Lipinski definition) is 1. The van der Waals surface area contributed by atoms with E-state index in [2.05, 4.69) is 15.4 Å². The first-order valence-corrected chi connectivity index (χ1v) is 9.60. The van der Waals surface area contributed by atoms with Crippen LogP contribution in [0, 0.1) is 15.9 Å². The monoisotopic (exact) mass is 436 g/mol. The van der Waals surface area contributed by atoms with Gasteiger partial charge in [0.1, 0.15) is 17.5 Å². The number of non-ortho nitro benzene ring substituents is 1. The van der Waals surface area contributed by atoms with E-state index in [1.54, 1.807) is 12.1 Å². The summed E-state index contributed by atoms with van der Waals surface area (Å²) >= 11 is 0. The summed E-state index contributed by atoms with van der Waals surface area (Å²) in [4.78, 5) is 39.4. The Bertz CT molecular complexity index is 1360. The van der Waals surface area contributed by atoms with Crippen molar-refractivity contribution in [1.29, 1.82) is 0 Å². The third kappa shape index (κ3) is 4.36. The van der Waals surface area contributed by atoms with E-state index in [4.69, 9.17) is 0 Å². The molecule has 2 aromatic heterocycles. The smallest absolute Gasteiger partial charge is 0.269 e. The molecule has 4 aromatic rings. The van der Waals surface area contributed by atoms with Gasteiger partial charge in [0.05, 0.1) is 24.2 Å². The minimum absolute atomic E-state index is 0.0984. The first kappa shape index (κ1) is 20.8. The minimum atomic E-state index is -0.538. The van der Waals surface area contributed by atoms with E-state index in [0.717, 1.165) is 0 Å². The van der Waals surface area contributed by atoms with Crippen molar-refractivity contribution < 1.29 is 14.1 Å². The number of nitrogens with one attached hydrogen (secondary N) is 1. The first-order chi connectivity index (χ1) is 15.4. The summed E-state index contributed by atoms with van der Waals surface area (Å²) in [5.74, 6) is -0.769. The van der Waals surface area contributed by atoms with Crippen molar-refractivity contribution in [2.24, 2.45) is 0 Å². The van der Waals surface area contributed by atoms with Crippen LogP contribution in [0.5, 0.6) is 0 Å². The van der Waals surface area contributed by atoms with E-state index >= 15 is 0 Å². The van der Waals surface area contributed by atoms with Crippen LogP contribution in [-0.4, -0.2) is 36.7 Å². The Morgan fingerprint density at radius 3 is 2.69 bits per heavy atom. The van der Waals surface area contributed by atoms with Gasteiger partial charge in [0, 0.05) is 24.2 Å². The molecule has 0 fully saturated rings. The van der Waals surface area contributed by atoms with E-state index in [1.807, 2.05) is 0 Å². The van der Waals surface area contributed by atoms with Crippen molar-refractivity contribution in [2.75, 3.05) is 6.54 Å². The summed E-state index contributed by atoms with van der Waals surface area (Å²) < 4.78 is 16.3. The second kappa shape index (κ2) is 8.76. The van der Waals surface area contributed by atoms with Crippen LogP contribution in [0.25, 0.3) is 11.0 Å². The maximum absolute atomic E-state index is 13.4. The molecule has 0 spiro atoms. The van der Waals surface area contributed by atoms with Crippen LogP contribution in [0.4, 0.5) is 10.1 Å². The van der Waals surface area contributed by atoms with E-state index in [0.29, 0.717) is 22.2 Å². The highest BCUT2D eigenvalue weighted by atomic mass is 19.1. The molecule has 2 aromatic carbocycles. The van der Waals surface area contributed by atoms with E-state index in [-0.39, 0.29) is 42.6 Å². The number of carbonyl (C=O) groups is 1. The second-order valence-corrected chi connectivity index (χ2v) is 6.97. The third-order valence-electron chi connectivity index (χ3n) is 4.81. The lowest BCUT2D eigenvalue weighted by Gasteiger charge is -2.08. The van der Waals surface area contributed by atoms with E-state index in [9.17, 15) is 24.1 Å². The molecule has 4 rings (SSSR count). The van der Waals surface area contributed by atoms with E-state index in [1.165, 1.54) is 58.2 Å². The Hall–Kier alpha value is -4.41. The molecule has 0 aliphatic rings. The van der Waals surface area contributed by atoms with Crippen molar-refractivity contribution in [2.45, 2.75) is 13.1 Å². The van der Waals surface area contributed by atoms with Crippen molar-refractivity contribution in [3.8, 4) is 0 Å². The van der Waals surface area contributed by atoms with Crippen LogP contribution in [0.3, 0.4) is 0 Å². The average molecular weight is 436 g/mol. The molecule has 0 saturated heterocycles. The zero-order valence-electron chi connectivity index (χ0n) is 16.6. The van der Waals surface area contributed by atoms with Gasteiger partial charge in [0.2, 0.25) is 0 Å². The fraction of sp³-hybridized carbons (Fsp3) is 0.143. The maximum Gasteiger partial charge on any atom is 0.269 e. The van der Waals surface area contributed by atoms with E-state index < -0.39 is 4.92 Å². The molecule has 32 heavy (non-hydrogen) atoms. The lowest BCUT2D eigenvalue weighted by Crippen LogP contribution is -2.27. The van der Waals surface area contributed by atoms with Gasteiger partial charge in [-0.25, -0.2) is 14.1 Å². The summed E-state index contributed by atoms with van der Waals surface area (Å²) in [6, 6.07) is 11.2. The molecule has 0 bridgehead atoms. The number of nitro benzene ring substituents is 1. The van der Waals surface area contributed by atoms with Crippen molar-refractivity contribution >= 4 is 22.6 Å². The highest BCUT2D eigenvalue weighted by Gasteiger charge is 2.12. The number of nitro groups is 1. The van der Waals surface area contributed by atoms with Gasteiger partial charge in [0.25, 0.3) is 17.2 Å². The van der Waals surface area contributed by atoms with Gasteiger partial charge in [-0.15, -0.1) is 0 Å². The summed E-state index contributed by atoms with van der Waals surface area (Å²) in [6.07, 6.45) is 2.79. The van der Waals surface area contributed by atoms with Crippen LogP contribution in [0.15, 0.2) is 65.8 Å². The maximum atomic E-state index is 13.4. The first-order valence-electron chi connectivity index (χ1n) is 9.60. The molecule has 0 unspecified atom stereocenters. The number of amides is 1. The molecule has 0 radical (unpaired) electrons. The Morgan fingerprint density at radius 2 is 1.97 bits per heavy atom. The molecule has 1 amide bonds. The van der Waals surface area contributed by atoms with Gasteiger partial charge >= 0.3 is 0 Å². The third-order valence-corrected chi connectivity index (χ3v) is 4.81. The second-order valence-electron chi connectivity index (χ2n) is 6.97. The molecule has 11 heteroatoms. The molecule has 0 aliphatic carbocycles. The standard InChI is InChI=1S/C21H17FN6O4/c22-16-3-1-2-14(10-16)12-26-13-24-19-18(21(26)30)11-25-27(19)9-8-23-20(29)15-4-6-17(7-5-15)28(31)32/h1-7,10-11,13H,8-9,12H2,(H,23,29). The van der Waals surface area contributed by atoms with Crippen LogP contribution in [0.1, 0.15) is 15.9 Å². The molecular formula is C21H17FN6O4. The quantitative estimate of drug-likeness (QED) is 0.349. The minimum Gasteiger partial charge on any atom is -0.350 e. The summed E-state index contributed by atoms with van der Waals surface area (Å²) in [7, 11) is 0. The Balaban J connectivity index is 1.43. The molecule has 0 saturated carbocycles. The highest BCUT2D eigenvalue weighted by molar-refractivity contribution is 5.94. The summed E-state index contributed by atoms with van der Waals surface area (Å²) in [5, 5.41) is 17.9. The van der Waals surface area contributed by atoms with Crippen LogP contribution < -0.4 is 10.9 Å². The number of hydrogen-bond acceptors (Lipinski definition) is 6. The predicted molar refractivity (Wildman–Crippen MR) is 113 cm³/mol. The number of carbonyl (C=O) groups excluding carboxylic acids is 1. The Morgan fingerprint density at radius 1 is 1.19 bits per heavy atom. The van der Waals surface area contributed by atoms with Crippen LogP contribution in [0.2, 0.25) is 0 Å². The molecular weight excluding hydrogens is 419 g/mol. The lowest BCUT2D eigenvalue weighted by molar-refractivity contribution is -0.384. The Labute approximate surface area is 180 Å². The zero-order valence-corrected chi connectivity index (χ0v) is 16.6. The molecule has 1 N–H and O–H groups in total. The lowest BCUT2D eigenvalue weighted by atomic mass is 10.2. The fourth-order valence-corrected chi connectivity index (χ4v) is 3.22. The molecule has 0 atom stereocenters. The summed E-state index contributed by atoms with van der Waals surface area (Å²) in [5.41, 5.74) is 0.892. The van der Waals surface area contributed by atoms with Gasteiger partial charge in [-0.2, -0.15) is 5.10 Å². The topological polar surface area (TPSA) is 125 Å². The number of nitrogens with zero attached hydrogens (tertiary/aromatic N) is 5. The number of fused-ring (bicyclic) bond motifs is 1. The molecule has 0 aliphatic heterocycles. The summed E-state index contributed by atoms with van der Waals surface area (Å²) in [6.45, 7) is 0.652. The molecule has 162 valence electrons. The van der Waals surface area contributed by atoms with Gasteiger partial charge in [-0.3, -0.25) is 24.3 Å². The number of aromatic nitrogens is 4. The number of benzene rings is 2. The molecule has 2 heterocycles. The number of halogens is 1. The van der Waals surface area contributed by atoms with Crippen LogP contribution >= 0.6 is 0 Å². The number of rotatable bonds is 7. The SMILES string of the molecule is O=C(NCCn1ncc2c(=O)n(Cc3cccc(F)c3)cnc21)c1ccc([N+](=O)[O-])cc1. The average Bonchev–Trinajstić information content (AvgIpc) is 3.19. The van der Waals surface area contributed by atoms with Gasteiger partial charge < -0.3 is 5.32 Å². The van der Waals surface area contributed by atoms with Crippen molar-refractivity contribution in [3.63, 3.8) is 0 Å². The Kier molecular flexibility index (Phi) is 5.71. The predicted octanol–water partition coefficient (Wildman–Crippen LogP) is 2.12. The zero-order chi connectivity index (χ0) is 22.7. The molecule has 10 nitrogen and oxygen atoms in total. The fourth-order valence-electron chi connectivity index (χ4n) is 3.22. The van der Waals surface area contributed by atoms with Gasteiger partial charge in [-0.05, 0) is 29.8 Å². The largest absolute Gasteiger partial charge is 0.350 e. The van der Waals surface area contributed by atoms with Gasteiger partial charge in [0.15, 0.2) is 5.65 Å². The van der Waals surface area contributed by atoms with Gasteiger partial charge in [-0.1, -0.05) is 12.1 Å². The van der Waals surface area contributed by atoms with Crippen LogP contribution in [-0.2, 0) is 13.1 Å². The highest BCUT2D eigenvalue weighted by Crippen LogP contribution is 2.12. The van der Waals surface area contributed by atoms with Crippen molar-refractivity contribution in [1.82, 2.24) is 24.6 Å². The van der Waals surface area contributed by atoms with Crippen molar-refractivity contribution in [3.05, 3.63) is 98.5 Å². The normalized spacial score (nSPS) is 10.9.